The predicted octanol–water partition coefficient (Wildman–Crippen LogP) is 2.32. The Labute approximate surface area is 132 Å². The lowest BCUT2D eigenvalue weighted by atomic mass is 10.1. The lowest BCUT2D eigenvalue weighted by molar-refractivity contribution is 0.121. The fourth-order valence-corrected chi connectivity index (χ4v) is 4.08. The van der Waals surface area contributed by atoms with E-state index in [1.807, 2.05) is 0 Å². The molecule has 1 aromatic rings. The van der Waals surface area contributed by atoms with E-state index in [0.29, 0.717) is 24.8 Å². The Bertz CT molecular complexity index is 575. The molecule has 0 amide bonds. The molecule has 0 spiro atoms. The number of rotatable bonds is 9. The maximum absolute atomic E-state index is 12.1. The van der Waals surface area contributed by atoms with Crippen molar-refractivity contribution in [3.8, 4) is 0 Å². The maximum atomic E-state index is 12.1. The van der Waals surface area contributed by atoms with Gasteiger partial charge in [-0.15, -0.1) is 9.19 Å². The highest BCUT2D eigenvalue weighted by Crippen LogP contribution is 2.37. The van der Waals surface area contributed by atoms with Crippen LogP contribution in [0, 0.1) is 5.92 Å². The van der Waals surface area contributed by atoms with E-state index in [2.05, 4.69) is 10.1 Å². The zero-order valence-corrected chi connectivity index (χ0v) is 13.8. The van der Waals surface area contributed by atoms with Crippen molar-refractivity contribution in [2.24, 2.45) is 5.92 Å². The molecule has 2 aliphatic carbocycles. The second-order valence-corrected chi connectivity index (χ2v) is 8.42. The molecule has 6 nitrogen and oxygen atoms in total. The lowest BCUT2D eigenvalue weighted by Crippen LogP contribution is -2.18. The van der Waals surface area contributed by atoms with E-state index < -0.39 is 10.0 Å². The number of nitrogens with zero attached hydrogens (tertiary/aromatic N) is 3. The van der Waals surface area contributed by atoms with Crippen molar-refractivity contribution >= 4 is 10.0 Å². The van der Waals surface area contributed by atoms with Gasteiger partial charge in [-0.25, -0.2) is 13.4 Å². The molecule has 0 N–H and O–H groups in total. The normalized spacial score (nSPS) is 19.8. The van der Waals surface area contributed by atoms with Gasteiger partial charge >= 0.3 is 0 Å². The zero-order chi connectivity index (χ0) is 15.4. The smallest absolute Gasteiger partial charge is 0.255 e. The molecule has 2 saturated carbocycles. The highest BCUT2D eigenvalue weighted by Gasteiger charge is 2.28. The van der Waals surface area contributed by atoms with Crippen LogP contribution in [0.5, 0.6) is 0 Å². The summed E-state index contributed by atoms with van der Waals surface area (Å²) in [7, 11) is -3.38. The van der Waals surface area contributed by atoms with Crippen molar-refractivity contribution in [3.05, 3.63) is 12.2 Å². The third kappa shape index (κ3) is 4.29. The number of hydrogen-bond donors (Lipinski definition) is 0. The van der Waals surface area contributed by atoms with Gasteiger partial charge in [0.05, 0.1) is 5.75 Å². The van der Waals surface area contributed by atoms with E-state index >= 15 is 0 Å². The van der Waals surface area contributed by atoms with E-state index in [4.69, 9.17) is 4.74 Å². The second kappa shape index (κ2) is 7.08. The summed E-state index contributed by atoms with van der Waals surface area (Å²) in [6.07, 6.45) is 10.4. The first-order chi connectivity index (χ1) is 10.6. The summed E-state index contributed by atoms with van der Waals surface area (Å²) < 4.78 is 30.9. The van der Waals surface area contributed by atoms with Crippen LogP contribution in [-0.4, -0.2) is 41.6 Å². The van der Waals surface area contributed by atoms with Gasteiger partial charge in [-0.2, -0.15) is 0 Å². The Morgan fingerprint density at radius 3 is 2.68 bits per heavy atom. The van der Waals surface area contributed by atoms with Gasteiger partial charge in [-0.05, 0) is 31.6 Å². The lowest BCUT2D eigenvalue weighted by Gasteiger charge is -2.09. The standard InChI is InChI=1S/C15H25N3O3S/c19-22(20,18-12-16-15(17-18)14-6-7-14)11-3-9-21-10-8-13-4-1-2-5-13/h12-14H,1-11H2. The molecular weight excluding hydrogens is 302 g/mol. The summed E-state index contributed by atoms with van der Waals surface area (Å²) in [5.74, 6) is 1.91. The molecule has 2 fully saturated rings. The van der Waals surface area contributed by atoms with E-state index in [1.165, 1.54) is 32.0 Å². The molecule has 0 saturated heterocycles. The minimum atomic E-state index is -3.38. The third-order valence-corrected chi connectivity index (χ3v) is 6.10. The molecule has 7 heteroatoms. The van der Waals surface area contributed by atoms with Gasteiger partial charge in [-0.1, -0.05) is 25.7 Å². The topological polar surface area (TPSA) is 74.1 Å². The summed E-state index contributed by atoms with van der Waals surface area (Å²) >= 11 is 0. The van der Waals surface area contributed by atoms with Crippen LogP contribution >= 0.6 is 0 Å². The van der Waals surface area contributed by atoms with Crippen molar-refractivity contribution in [2.45, 2.75) is 57.3 Å². The van der Waals surface area contributed by atoms with Crippen LogP contribution in [0.1, 0.15) is 63.1 Å². The molecule has 0 aromatic carbocycles. The first kappa shape index (κ1) is 15.9. The molecule has 0 radical (unpaired) electrons. The predicted molar refractivity (Wildman–Crippen MR) is 83.2 cm³/mol. The van der Waals surface area contributed by atoms with Crippen LogP contribution < -0.4 is 0 Å². The van der Waals surface area contributed by atoms with Crippen LogP contribution in [0.4, 0.5) is 0 Å². The van der Waals surface area contributed by atoms with Gasteiger partial charge in [0.1, 0.15) is 6.33 Å². The highest BCUT2D eigenvalue weighted by molar-refractivity contribution is 7.89. The van der Waals surface area contributed by atoms with Gasteiger partial charge in [0.15, 0.2) is 5.82 Å². The van der Waals surface area contributed by atoms with Crippen molar-refractivity contribution in [1.82, 2.24) is 14.2 Å². The molecule has 22 heavy (non-hydrogen) atoms. The van der Waals surface area contributed by atoms with Crippen LogP contribution in [0.25, 0.3) is 0 Å². The Kier molecular flexibility index (Phi) is 5.13. The SMILES string of the molecule is O=S(=O)(CCCOCCC1CCCC1)n1cnc(C2CC2)n1. The summed E-state index contributed by atoms with van der Waals surface area (Å²) in [6.45, 7) is 1.25. The molecule has 1 heterocycles. The summed E-state index contributed by atoms with van der Waals surface area (Å²) in [5.41, 5.74) is 0. The van der Waals surface area contributed by atoms with E-state index in [-0.39, 0.29) is 5.75 Å². The largest absolute Gasteiger partial charge is 0.381 e. The molecule has 0 bridgehead atoms. The first-order valence-corrected chi connectivity index (χ1v) is 9.98. The van der Waals surface area contributed by atoms with Gasteiger partial charge < -0.3 is 4.74 Å². The summed E-state index contributed by atoms with van der Waals surface area (Å²) in [5, 5.41) is 4.09. The molecule has 0 atom stereocenters. The minimum absolute atomic E-state index is 0.0594. The third-order valence-electron chi connectivity index (χ3n) is 4.55. The highest BCUT2D eigenvalue weighted by atomic mass is 32.2. The van der Waals surface area contributed by atoms with Crippen molar-refractivity contribution in [2.75, 3.05) is 19.0 Å². The molecule has 2 aliphatic rings. The maximum Gasteiger partial charge on any atom is 0.255 e. The van der Waals surface area contributed by atoms with Crippen molar-refractivity contribution in [1.29, 1.82) is 0 Å². The van der Waals surface area contributed by atoms with Gasteiger partial charge in [0, 0.05) is 19.1 Å². The average molecular weight is 327 g/mol. The van der Waals surface area contributed by atoms with Crippen molar-refractivity contribution in [3.63, 3.8) is 0 Å². The fraction of sp³-hybridized carbons (Fsp3) is 0.867. The van der Waals surface area contributed by atoms with E-state index in [0.717, 1.165) is 35.9 Å². The molecule has 0 aliphatic heterocycles. The molecule has 3 rings (SSSR count). The summed E-state index contributed by atoms with van der Waals surface area (Å²) in [6, 6.07) is 0. The Balaban J connectivity index is 1.34. The molecule has 1 aromatic heterocycles. The second-order valence-electron chi connectivity index (χ2n) is 6.47. The molecular formula is C15H25N3O3S. The van der Waals surface area contributed by atoms with Gasteiger partial charge in [0.2, 0.25) is 0 Å². The van der Waals surface area contributed by atoms with Crippen molar-refractivity contribution < 1.29 is 13.2 Å². The zero-order valence-electron chi connectivity index (χ0n) is 13.0. The quantitative estimate of drug-likeness (QED) is 0.651. The number of ether oxygens (including phenoxy) is 1. The van der Waals surface area contributed by atoms with Crippen LogP contribution in [-0.2, 0) is 14.8 Å². The van der Waals surface area contributed by atoms with Gasteiger partial charge in [0.25, 0.3) is 10.0 Å². The van der Waals surface area contributed by atoms with Crippen LogP contribution in [0.3, 0.4) is 0 Å². The monoisotopic (exact) mass is 327 g/mol. The fourth-order valence-electron chi connectivity index (χ4n) is 3.01. The number of aromatic nitrogens is 3. The van der Waals surface area contributed by atoms with Crippen LogP contribution in [0.2, 0.25) is 0 Å². The molecule has 0 unspecified atom stereocenters. The summed E-state index contributed by atoms with van der Waals surface area (Å²) in [4.78, 5) is 4.09. The first-order valence-electron chi connectivity index (χ1n) is 8.38. The van der Waals surface area contributed by atoms with E-state index in [1.54, 1.807) is 0 Å². The Morgan fingerprint density at radius 2 is 1.95 bits per heavy atom. The number of hydrogen-bond acceptors (Lipinski definition) is 5. The van der Waals surface area contributed by atoms with Crippen LogP contribution in [0.15, 0.2) is 6.33 Å². The minimum Gasteiger partial charge on any atom is -0.381 e. The Morgan fingerprint density at radius 1 is 1.18 bits per heavy atom. The Hall–Kier alpha value is -0.950. The average Bonchev–Trinajstić information content (AvgIpc) is 3.02. The molecule has 124 valence electrons. The van der Waals surface area contributed by atoms with Gasteiger partial charge in [-0.3, -0.25) is 0 Å². The van der Waals surface area contributed by atoms with E-state index in [9.17, 15) is 8.42 Å².